The summed E-state index contributed by atoms with van der Waals surface area (Å²) in [5.74, 6) is -0.715. The molecule has 1 aromatic rings. The van der Waals surface area contributed by atoms with Gasteiger partial charge in [0.2, 0.25) is 0 Å². The van der Waals surface area contributed by atoms with E-state index in [4.69, 9.17) is 0 Å². The smallest absolute Gasteiger partial charge is 0.313 e. The van der Waals surface area contributed by atoms with E-state index >= 15 is 0 Å². The number of para-hydroxylation sites is 1. The Kier molecular flexibility index (Phi) is 5.33. The van der Waals surface area contributed by atoms with Gasteiger partial charge in [-0.1, -0.05) is 25.1 Å². The molecule has 1 aliphatic heterocycles. The lowest BCUT2D eigenvalue weighted by atomic mass is 10.1. The van der Waals surface area contributed by atoms with E-state index in [1.807, 2.05) is 31.2 Å². The summed E-state index contributed by atoms with van der Waals surface area (Å²) in [6, 6.07) is 7.53. The van der Waals surface area contributed by atoms with E-state index in [1.54, 1.807) is 0 Å². The molecule has 1 saturated heterocycles. The highest BCUT2D eigenvalue weighted by Crippen LogP contribution is 2.15. The van der Waals surface area contributed by atoms with Crippen LogP contribution in [0, 0.1) is 5.92 Å². The van der Waals surface area contributed by atoms with Gasteiger partial charge in [0.1, 0.15) is 0 Å². The number of carbonyl (C=O) groups excluding carboxylic acids is 2. The molecule has 5 heteroatoms. The Morgan fingerprint density at radius 2 is 2.05 bits per heavy atom. The molecule has 0 spiro atoms. The van der Waals surface area contributed by atoms with Gasteiger partial charge in [-0.15, -0.1) is 0 Å². The average Bonchev–Trinajstić information content (AvgIpc) is 2.91. The van der Waals surface area contributed by atoms with Gasteiger partial charge in [0.15, 0.2) is 0 Å². The second-order valence-electron chi connectivity index (χ2n) is 5.59. The second kappa shape index (κ2) is 7.22. The average molecular weight is 289 g/mol. The van der Waals surface area contributed by atoms with Gasteiger partial charge < -0.3 is 15.5 Å². The van der Waals surface area contributed by atoms with Crippen molar-refractivity contribution in [1.82, 2.24) is 10.2 Å². The van der Waals surface area contributed by atoms with Crippen molar-refractivity contribution in [1.29, 1.82) is 0 Å². The maximum atomic E-state index is 11.9. The summed E-state index contributed by atoms with van der Waals surface area (Å²) >= 11 is 0. The van der Waals surface area contributed by atoms with Gasteiger partial charge in [-0.05, 0) is 44.0 Å². The largest absolute Gasteiger partial charge is 0.347 e. The zero-order chi connectivity index (χ0) is 15.2. The highest BCUT2D eigenvalue weighted by atomic mass is 16.2. The number of nitrogens with one attached hydrogen (secondary N) is 2. The molecule has 0 radical (unpaired) electrons. The molecule has 1 aliphatic rings. The molecule has 5 nitrogen and oxygen atoms in total. The molecular weight excluding hydrogens is 266 g/mol. The minimum atomic E-state index is -0.595. The first-order chi connectivity index (χ1) is 10.1. The molecule has 0 saturated carbocycles. The summed E-state index contributed by atoms with van der Waals surface area (Å²) in [5, 5.41) is 5.41. The van der Waals surface area contributed by atoms with Gasteiger partial charge in [-0.2, -0.15) is 0 Å². The Morgan fingerprint density at radius 3 is 2.71 bits per heavy atom. The zero-order valence-electron chi connectivity index (χ0n) is 12.7. The molecule has 114 valence electrons. The van der Waals surface area contributed by atoms with Crippen molar-refractivity contribution in [2.24, 2.45) is 5.92 Å². The van der Waals surface area contributed by atoms with E-state index in [2.05, 4.69) is 22.6 Å². The molecular formula is C16H23N3O2. The van der Waals surface area contributed by atoms with E-state index in [0.717, 1.165) is 31.5 Å². The van der Waals surface area contributed by atoms with Crippen molar-refractivity contribution >= 4 is 17.5 Å². The van der Waals surface area contributed by atoms with Gasteiger partial charge in [-0.25, -0.2) is 0 Å². The first kappa shape index (κ1) is 15.5. The topological polar surface area (TPSA) is 61.4 Å². The Morgan fingerprint density at radius 1 is 1.29 bits per heavy atom. The molecule has 0 aliphatic carbocycles. The maximum Gasteiger partial charge on any atom is 0.313 e. The molecule has 2 amide bonds. The SMILES string of the molecule is CCc1ccccc1NC(=O)C(=O)NCC1CCN(C)C1. The summed E-state index contributed by atoms with van der Waals surface area (Å²) in [5.41, 5.74) is 1.73. The van der Waals surface area contributed by atoms with Crippen molar-refractivity contribution in [3.8, 4) is 0 Å². The summed E-state index contributed by atoms with van der Waals surface area (Å²) in [4.78, 5) is 26.0. The molecule has 0 bridgehead atoms. The third-order valence-electron chi connectivity index (χ3n) is 3.89. The standard InChI is InChI=1S/C16H23N3O2/c1-3-13-6-4-5-7-14(13)18-16(21)15(20)17-10-12-8-9-19(2)11-12/h4-7,12H,3,8-11H2,1-2H3,(H,17,20)(H,18,21). The van der Waals surface area contributed by atoms with E-state index in [0.29, 0.717) is 18.2 Å². The van der Waals surface area contributed by atoms with Gasteiger partial charge >= 0.3 is 11.8 Å². The molecule has 1 heterocycles. The number of rotatable bonds is 4. The highest BCUT2D eigenvalue weighted by Gasteiger charge is 2.21. The molecule has 21 heavy (non-hydrogen) atoms. The first-order valence-corrected chi connectivity index (χ1v) is 7.45. The van der Waals surface area contributed by atoms with Crippen LogP contribution >= 0.6 is 0 Å². The van der Waals surface area contributed by atoms with Gasteiger partial charge in [-0.3, -0.25) is 9.59 Å². The van der Waals surface area contributed by atoms with Crippen LogP contribution in [0.1, 0.15) is 18.9 Å². The van der Waals surface area contributed by atoms with E-state index < -0.39 is 11.8 Å². The fourth-order valence-corrected chi connectivity index (χ4v) is 2.64. The molecule has 2 N–H and O–H groups in total. The van der Waals surface area contributed by atoms with Gasteiger partial charge in [0, 0.05) is 18.8 Å². The quantitative estimate of drug-likeness (QED) is 0.820. The minimum absolute atomic E-state index is 0.440. The van der Waals surface area contributed by atoms with Crippen molar-refractivity contribution < 1.29 is 9.59 Å². The third-order valence-corrected chi connectivity index (χ3v) is 3.89. The highest BCUT2D eigenvalue weighted by molar-refractivity contribution is 6.39. The van der Waals surface area contributed by atoms with Crippen LogP contribution in [-0.2, 0) is 16.0 Å². The Labute approximate surface area is 125 Å². The van der Waals surface area contributed by atoms with Crippen LogP contribution in [0.2, 0.25) is 0 Å². The number of hydrogen-bond donors (Lipinski definition) is 2. The number of amides is 2. The molecule has 2 rings (SSSR count). The monoisotopic (exact) mass is 289 g/mol. The predicted octanol–water partition coefficient (Wildman–Crippen LogP) is 1.26. The first-order valence-electron chi connectivity index (χ1n) is 7.45. The lowest BCUT2D eigenvalue weighted by Gasteiger charge is -2.12. The lowest BCUT2D eigenvalue weighted by molar-refractivity contribution is -0.136. The van der Waals surface area contributed by atoms with Crippen LogP contribution < -0.4 is 10.6 Å². The number of carbonyl (C=O) groups is 2. The Balaban J connectivity index is 1.83. The fraction of sp³-hybridized carbons (Fsp3) is 0.500. The number of nitrogens with zero attached hydrogens (tertiary/aromatic N) is 1. The van der Waals surface area contributed by atoms with Crippen molar-refractivity contribution in [3.05, 3.63) is 29.8 Å². The second-order valence-corrected chi connectivity index (χ2v) is 5.59. The van der Waals surface area contributed by atoms with Crippen molar-refractivity contribution in [2.75, 3.05) is 32.0 Å². The zero-order valence-corrected chi connectivity index (χ0v) is 12.7. The van der Waals surface area contributed by atoms with Crippen LogP contribution in [0.25, 0.3) is 0 Å². The van der Waals surface area contributed by atoms with Crippen LogP contribution in [0.4, 0.5) is 5.69 Å². The lowest BCUT2D eigenvalue weighted by Crippen LogP contribution is -2.38. The van der Waals surface area contributed by atoms with Crippen LogP contribution in [0.15, 0.2) is 24.3 Å². The maximum absolute atomic E-state index is 11.9. The van der Waals surface area contributed by atoms with Crippen molar-refractivity contribution in [3.63, 3.8) is 0 Å². The summed E-state index contributed by atoms with van der Waals surface area (Å²) in [7, 11) is 2.07. The van der Waals surface area contributed by atoms with Crippen LogP contribution in [-0.4, -0.2) is 43.4 Å². The minimum Gasteiger partial charge on any atom is -0.347 e. The molecule has 1 fully saturated rings. The number of hydrogen-bond acceptors (Lipinski definition) is 3. The number of aryl methyl sites for hydroxylation is 1. The molecule has 1 unspecified atom stereocenters. The number of benzene rings is 1. The Hall–Kier alpha value is -1.88. The van der Waals surface area contributed by atoms with E-state index in [9.17, 15) is 9.59 Å². The normalized spacial score (nSPS) is 18.5. The summed E-state index contributed by atoms with van der Waals surface area (Å²) in [6.45, 7) is 4.60. The van der Waals surface area contributed by atoms with Gasteiger partial charge in [0.05, 0.1) is 0 Å². The molecule has 1 aromatic carbocycles. The Bertz CT molecular complexity index is 516. The molecule has 0 aromatic heterocycles. The predicted molar refractivity (Wildman–Crippen MR) is 83.1 cm³/mol. The van der Waals surface area contributed by atoms with E-state index in [1.165, 1.54) is 0 Å². The fourth-order valence-electron chi connectivity index (χ4n) is 2.64. The van der Waals surface area contributed by atoms with Gasteiger partial charge in [0.25, 0.3) is 0 Å². The number of anilines is 1. The summed E-state index contributed by atoms with van der Waals surface area (Å²) in [6.07, 6.45) is 1.88. The van der Waals surface area contributed by atoms with Crippen LogP contribution in [0.5, 0.6) is 0 Å². The van der Waals surface area contributed by atoms with E-state index in [-0.39, 0.29) is 0 Å². The third kappa shape index (κ3) is 4.29. The van der Waals surface area contributed by atoms with Crippen molar-refractivity contribution in [2.45, 2.75) is 19.8 Å². The number of likely N-dealkylation sites (tertiary alicyclic amines) is 1. The van der Waals surface area contributed by atoms with Crippen LogP contribution in [0.3, 0.4) is 0 Å². The molecule has 1 atom stereocenters. The summed E-state index contributed by atoms with van der Waals surface area (Å²) < 4.78 is 0.